The molecule has 1 aromatic carbocycles. The van der Waals surface area contributed by atoms with Crippen LogP contribution in [-0.4, -0.2) is 28.6 Å². The van der Waals surface area contributed by atoms with E-state index in [9.17, 15) is 4.79 Å². The molecule has 0 saturated carbocycles. The Hall–Kier alpha value is -1.95. The summed E-state index contributed by atoms with van der Waals surface area (Å²) in [7, 11) is 1.86. The molecule has 2 aromatic rings. The Kier molecular flexibility index (Phi) is 5.89. The second-order valence-electron chi connectivity index (χ2n) is 5.17. The maximum atomic E-state index is 11.9. The molecule has 2 amide bonds. The Bertz CT molecular complexity index is 609. The van der Waals surface area contributed by atoms with Gasteiger partial charge in [-0.3, -0.25) is 4.68 Å². The van der Waals surface area contributed by atoms with E-state index in [1.165, 1.54) is 10.5 Å². The monoisotopic (exact) mass is 318 g/mol. The maximum absolute atomic E-state index is 11.9. The summed E-state index contributed by atoms with van der Waals surface area (Å²) in [4.78, 5) is 13.1. The molecule has 0 aliphatic heterocycles. The van der Waals surface area contributed by atoms with Gasteiger partial charge in [0.2, 0.25) is 0 Å². The van der Waals surface area contributed by atoms with Crippen LogP contribution in [0.25, 0.3) is 0 Å². The van der Waals surface area contributed by atoms with E-state index < -0.39 is 0 Å². The van der Waals surface area contributed by atoms with Crippen LogP contribution < -0.4 is 10.6 Å². The molecule has 1 aromatic heterocycles. The Morgan fingerprint density at radius 1 is 1.36 bits per heavy atom. The molecule has 0 saturated heterocycles. The first-order valence-electron chi connectivity index (χ1n) is 7.24. The molecular weight excluding hydrogens is 296 g/mol. The van der Waals surface area contributed by atoms with Crippen molar-refractivity contribution < 1.29 is 4.79 Å². The summed E-state index contributed by atoms with van der Waals surface area (Å²) in [6.07, 6.45) is 6.55. The Morgan fingerprint density at radius 2 is 2.09 bits per heavy atom. The molecule has 0 bridgehead atoms. The number of carbonyl (C=O) groups excluding carboxylic acids is 1. The van der Waals surface area contributed by atoms with Crippen molar-refractivity contribution in [1.29, 1.82) is 0 Å². The van der Waals surface area contributed by atoms with Gasteiger partial charge in [0.15, 0.2) is 0 Å². The van der Waals surface area contributed by atoms with Gasteiger partial charge >= 0.3 is 6.03 Å². The lowest BCUT2D eigenvalue weighted by molar-refractivity contribution is 0.238. The predicted octanol–water partition coefficient (Wildman–Crippen LogP) is 2.74. The van der Waals surface area contributed by atoms with Crippen molar-refractivity contribution in [3.05, 3.63) is 47.8 Å². The van der Waals surface area contributed by atoms with E-state index in [2.05, 4.69) is 46.3 Å². The van der Waals surface area contributed by atoms with Gasteiger partial charge in [-0.05, 0) is 37.3 Å². The van der Waals surface area contributed by atoms with E-state index in [-0.39, 0.29) is 12.1 Å². The fourth-order valence-corrected chi connectivity index (χ4v) is 2.52. The molecule has 2 N–H and O–H groups in total. The number of aryl methyl sites for hydroxylation is 1. The van der Waals surface area contributed by atoms with Gasteiger partial charge in [0, 0.05) is 30.2 Å². The average molecular weight is 318 g/mol. The zero-order valence-electron chi connectivity index (χ0n) is 13.2. The minimum atomic E-state index is -0.155. The molecule has 0 unspecified atom stereocenters. The molecule has 6 heteroatoms. The van der Waals surface area contributed by atoms with Gasteiger partial charge in [-0.2, -0.15) is 5.10 Å². The van der Waals surface area contributed by atoms with Crippen LogP contribution in [0.2, 0.25) is 0 Å². The van der Waals surface area contributed by atoms with Crippen molar-refractivity contribution in [3.63, 3.8) is 0 Å². The first-order valence-corrected chi connectivity index (χ1v) is 8.47. The van der Waals surface area contributed by atoms with E-state index in [1.807, 2.05) is 20.2 Å². The first kappa shape index (κ1) is 16.4. The Labute approximate surface area is 135 Å². The van der Waals surface area contributed by atoms with E-state index in [0.29, 0.717) is 6.54 Å². The number of thioether (sulfide) groups is 1. The van der Waals surface area contributed by atoms with E-state index >= 15 is 0 Å². The van der Waals surface area contributed by atoms with E-state index in [4.69, 9.17) is 0 Å². The highest BCUT2D eigenvalue weighted by atomic mass is 32.2. The fraction of sp³-hybridized carbons (Fsp3) is 0.375. The second kappa shape index (κ2) is 7.89. The zero-order chi connectivity index (χ0) is 15.9. The normalized spacial score (nSPS) is 12.0. The van der Waals surface area contributed by atoms with Gasteiger partial charge in [0.05, 0.1) is 12.2 Å². The topological polar surface area (TPSA) is 59.0 Å². The van der Waals surface area contributed by atoms with Crippen molar-refractivity contribution in [2.45, 2.75) is 24.3 Å². The van der Waals surface area contributed by atoms with Crippen molar-refractivity contribution in [2.24, 2.45) is 7.05 Å². The minimum absolute atomic E-state index is 0.0606. The molecule has 1 heterocycles. The van der Waals surface area contributed by atoms with Crippen LogP contribution in [0.15, 0.2) is 41.6 Å². The number of rotatable bonds is 6. The van der Waals surface area contributed by atoms with Crippen LogP contribution in [0.3, 0.4) is 0 Å². The van der Waals surface area contributed by atoms with Crippen molar-refractivity contribution >= 4 is 17.8 Å². The van der Waals surface area contributed by atoms with Gasteiger partial charge < -0.3 is 10.6 Å². The summed E-state index contributed by atoms with van der Waals surface area (Å²) < 4.78 is 1.73. The molecule has 0 aliphatic carbocycles. The number of hydrogen-bond donors (Lipinski definition) is 2. The Morgan fingerprint density at radius 3 is 2.68 bits per heavy atom. The van der Waals surface area contributed by atoms with Gasteiger partial charge in [-0.15, -0.1) is 11.8 Å². The summed E-state index contributed by atoms with van der Waals surface area (Å²) in [6.45, 7) is 2.56. The standard InChI is InChI=1S/C16H22N4OS/c1-12(14-10-18-20(2)11-14)19-16(21)17-9-8-13-4-6-15(22-3)7-5-13/h4-7,10-12H,8-9H2,1-3H3,(H2,17,19,21)/t12-/m1/s1. The van der Waals surface area contributed by atoms with Crippen molar-refractivity contribution in [3.8, 4) is 0 Å². The van der Waals surface area contributed by atoms with E-state index in [0.717, 1.165) is 12.0 Å². The highest BCUT2D eigenvalue weighted by Crippen LogP contribution is 2.15. The van der Waals surface area contributed by atoms with Gasteiger partial charge in [0.25, 0.3) is 0 Å². The van der Waals surface area contributed by atoms with Crippen molar-refractivity contribution in [2.75, 3.05) is 12.8 Å². The number of aromatic nitrogens is 2. The van der Waals surface area contributed by atoms with Crippen LogP contribution in [0.4, 0.5) is 4.79 Å². The zero-order valence-corrected chi connectivity index (χ0v) is 14.0. The average Bonchev–Trinajstić information content (AvgIpc) is 2.94. The predicted molar refractivity (Wildman–Crippen MR) is 90.1 cm³/mol. The van der Waals surface area contributed by atoms with Gasteiger partial charge in [-0.1, -0.05) is 12.1 Å². The molecule has 5 nitrogen and oxygen atoms in total. The number of urea groups is 1. The smallest absolute Gasteiger partial charge is 0.315 e. The molecule has 118 valence electrons. The third kappa shape index (κ3) is 4.80. The van der Waals surface area contributed by atoms with Crippen LogP contribution in [0.5, 0.6) is 0 Å². The fourth-order valence-electron chi connectivity index (χ4n) is 2.11. The lowest BCUT2D eigenvalue weighted by atomic mass is 10.1. The molecule has 2 rings (SSSR count). The molecule has 0 fully saturated rings. The molecule has 1 atom stereocenters. The highest BCUT2D eigenvalue weighted by molar-refractivity contribution is 7.98. The minimum Gasteiger partial charge on any atom is -0.338 e. The number of carbonyl (C=O) groups is 1. The van der Waals surface area contributed by atoms with Crippen LogP contribution >= 0.6 is 11.8 Å². The molecule has 0 radical (unpaired) electrons. The van der Waals surface area contributed by atoms with Crippen LogP contribution in [-0.2, 0) is 13.5 Å². The van der Waals surface area contributed by atoms with Crippen LogP contribution in [0, 0.1) is 0 Å². The molecule has 0 aliphatic rings. The second-order valence-corrected chi connectivity index (χ2v) is 6.05. The number of hydrogen-bond acceptors (Lipinski definition) is 3. The lowest BCUT2D eigenvalue weighted by Crippen LogP contribution is -2.37. The summed E-state index contributed by atoms with van der Waals surface area (Å²) in [5.74, 6) is 0. The quantitative estimate of drug-likeness (QED) is 0.805. The molecular formula is C16H22N4OS. The lowest BCUT2D eigenvalue weighted by Gasteiger charge is -2.13. The maximum Gasteiger partial charge on any atom is 0.315 e. The third-order valence-electron chi connectivity index (χ3n) is 3.43. The number of nitrogens with one attached hydrogen (secondary N) is 2. The molecule has 22 heavy (non-hydrogen) atoms. The summed E-state index contributed by atoms with van der Waals surface area (Å²) >= 11 is 1.73. The van der Waals surface area contributed by atoms with Gasteiger partial charge in [-0.25, -0.2) is 4.79 Å². The number of benzene rings is 1. The summed E-state index contributed by atoms with van der Waals surface area (Å²) in [6, 6.07) is 8.19. The van der Waals surface area contributed by atoms with Crippen molar-refractivity contribution in [1.82, 2.24) is 20.4 Å². The summed E-state index contributed by atoms with van der Waals surface area (Å²) in [5.41, 5.74) is 2.21. The number of amides is 2. The molecule has 0 spiro atoms. The first-order chi connectivity index (χ1) is 10.6. The van der Waals surface area contributed by atoms with E-state index in [1.54, 1.807) is 22.6 Å². The number of nitrogens with zero attached hydrogens (tertiary/aromatic N) is 2. The van der Waals surface area contributed by atoms with Crippen LogP contribution in [0.1, 0.15) is 24.1 Å². The largest absolute Gasteiger partial charge is 0.338 e. The third-order valence-corrected chi connectivity index (χ3v) is 4.17. The highest BCUT2D eigenvalue weighted by Gasteiger charge is 2.10. The SMILES string of the molecule is CSc1ccc(CCNC(=O)N[C@H](C)c2cnn(C)c2)cc1. The Balaban J connectivity index is 1.73. The summed E-state index contributed by atoms with van der Waals surface area (Å²) in [5, 5.41) is 9.90. The van der Waals surface area contributed by atoms with Gasteiger partial charge in [0.1, 0.15) is 0 Å².